The summed E-state index contributed by atoms with van der Waals surface area (Å²) in [7, 11) is 0. The average Bonchev–Trinajstić information content (AvgIpc) is 3.12. The molecule has 4 rings (SSSR count). The number of halogens is 1. The predicted molar refractivity (Wildman–Crippen MR) is 79.7 cm³/mol. The van der Waals surface area contributed by atoms with Gasteiger partial charge in [-0.1, -0.05) is 17.3 Å². The number of nitrogens with zero attached hydrogens (tertiary/aromatic N) is 3. The Labute approximate surface area is 125 Å². The number of aryl methyl sites for hydroxylation is 1. The summed E-state index contributed by atoms with van der Waals surface area (Å²) in [6.07, 6.45) is 3.76. The molecule has 0 bridgehead atoms. The number of hydrogen-bond acceptors (Lipinski definition) is 3. The monoisotopic (exact) mass is 292 g/mol. The molecule has 0 aliphatic rings. The van der Waals surface area contributed by atoms with Gasteiger partial charge in [0.05, 0.1) is 0 Å². The lowest BCUT2D eigenvalue weighted by Crippen LogP contribution is -1.86. The van der Waals surface area contributed by atoms with Crippen LogP contribution >= 0.6 is 0 Å². The van der Waals surface area contributed by atoms with Crippen molar-refractivity contribution in [3.05, 3.63) is 66.4 Å². The molecule has 0 fully saturated rings. The topological polar surface area (TPSA) is 43.3 Å². The molecule has 1 radical (unpaired) electrons. The normalized spacial score (nSPS) is 11.2. The first-order valence-corrected chi connectivity index (χ1v) is 6.80. The fourth-order valence-electron chi connectivity index (χ4n) is 2.37. The second kappa shape index (κ2) is 4.80. The molecule has 0 saturated carbocycles. The van der Waals surface area contributed by atoms with Gasteiger partial charge in [-0.2, -0.15) is 0 Å². The van der Waals surface area contributed by atoms with Crippen LogP contribution in [-0.2, 0) is 0 Å². The maximum absolute atomic E-state index is 13.3. The van der Waals surface area contributed by atoms with E-state index in [1.165, 1.54) is 6.07 Å². The third-order valence-corrected chi connectivity index (χ3v) is 3.41. The van der Waals surface area contributed by atoms with Crippen molar-refractivity contribution in [1.82, 2.24) is 14.5 Å². The Kier molecular flexibility index (Phi) is 2.79. The van der Waals surface area contributed by atoms with E-state index in [0.29, 0.717) is 11.3 Å². The average molecular weight is 292 g/mol. The van der Waals surface area contributed by atoms with E-state index in [1.54, 1.807) is 6.07 Å². The first kappa shape index (κ1) is 12.8. The van der Waals surface area contributed by atoms with Crippen LogP contribution in [0.1, 0.15) is 5.76 Å². The zero-order chi connectivity index (χ0) is 15.1. The Morgan fingerprint density at radius 3 is 2.82 bits per heavy atom. The number of benzene rings is 1. The lowest BCUT2D eigenvalue weighted by molar-refractivity contribution is 0.399. The van der Waals surface area contributed by atoms with Crippen molar-refractivity contribution in [1.29, 1.82) is 0 Å². The van der Waals surface area contributed by atoms with Crippen LogP contribution in [0.25, 0.3) is 28.2 Å². The zero-order valence-corrected chi connectivity index (χ0v) is 11.7. The van der Waals surface area contributed by atoms with Crippen LogP contribution in [-0.4, -0.2) is 14.5 Å². The Balaban J connectivity index is 1.81. The summed E-state index contributed by atoms with van der Waals surface area (Å²) in [6, 6.07) is 13.2. The van der Waals surface area contributed by atoms with Crippen LogP contribution in [0.15, 0.2) is 53.3 Å². The van der Waals surface area contributed by atoms with Crippen molar-refractivity contribution in [3.8, 4) is 22.5 Å². The second-order valence-electron chi connectivity index (χ2n) is 5.04. The van der Waals surface area contributed by atoms with Crippen molar-refractivity contribution in [2.45, 2.75) is 6.92 Å². The molecule has 0 atom stereocenters. The highest BCUT2D eigenvalue weighted by atomic mass is 19.1. The minimum absolute atomic E-state index is 0.373. The summed E-state index contributed by atoms with van der Waals surface area (Å²) in [5.41, 5.74) is 3.79. The fourth-order valence-corrected chi connectivity index (χ4v) is 2.37. The lowest BCUT2D eigenvalue weighted by Gasteiger charge is -2.02. The van der Waals surface area contributed by atoms with Gasteiger partial charge in [0, 0.05) is 24.5 Å². The molecule has 0 saturated heterocycles. The maximum Gasteiger partial charge on any atom is 0.137 e. The quantitative estimate of drug-likeness (QED) is 0.562. The van der Waals surface area contributed by atoms with Gasteiger partial charge in [0.15, 0.2) is 0 Å². The van der Waals surface area contributed by atoms with E-state index in [1.807, 2.05) is 48.0 Å². The van der Waals surface area contributed by atoms with Crippen molar-refractivity contribution in [2.75, 3.05) is 0 Å². The van der Waals surface area contributed by atoms with E-state index >= 15 is 0 Å². The smallest absolute Gasteiger partial charge is 0.137 e. The Morgan fingerprint density at radius 2 is 2.05 bits per heavy atom. The minimum Gasteiger partial charge on any atom is -0.361 e. The molecular formula is C17H11FN3O. The van der Waals surface area contributed by atoms with Crippen LogP contribution in [0.2, 0.25) is 0 Å². The van der Waals surface area contributed by atoms with Gasteiger partial charge in [-0.05, 0) is 36.2 Å². The third-order valence-electron chi connectivity index (χ3n) is 3.41. The van der Waals surface area contributed by atoms with Gasteiger partial charge in [-0.25, -0.2) is 9.37 Å². The Hall–Kier alpha value is -2.95. The van der Waals surface area contributed by atoms with Gasteiger partial charge >= 0.3 is 0 Å². The number of rotatable bonds is 2. The Bertz CT molecular complexity index is 971. The van der Waals surface area contributed by atoms with E-state index in [0.717, 1.165) is 22.7 Å². The molecule has 4 nitrogen and oxygen atoms in total. The molecule has 0 aliphatic carbocycles. The SMILES string of the molecule is Cc1cc(-c2cn3cc(-c4[c]c(F)ccc4)ccc3n2)no1. The molecule has 0 spiro atoms. The number of pyridine rings is 1. The molecule has 3 aromatic heterocycles. The molecular weight excluding hydrogens is 281 g/mol. The molecule has 4 aromatic rings. The molecule has 0 amide bonds. The highest BCUT2D eigenvalue weighted by Gasteiger charge is 2.09. The highest BCUT2D eigenvalue weighted by molar-refractivity contribution is 5.66. The van der Waals surface area contributed by atoms with Crippen LogP contribution in [0.5, 0.6) is 0 Å². The van der Waals surface area contributed by atoms with Crippen LogP contribution in [0.4, 0.5) is 4.39 Å². The van der Waals surface area contributed by atoms with E-state index in [9.17, 15) is 4.39 Å². The van der Waals surface area contributed by atoms with Crippen LogP contribution < -0.4 is 0 Å². The number of imidazole rings is 1. The van der Waals surface area contributed by atoms with E-state index in [-0.39, 0.29) is 5.82 Å². The lowest BCUT2D eigenvalue weighted by atomic mass is 10.1. The highest BCUT2D eigenvalue weighted by Crippen LogP contribution is 2.23. The standard InChI is InChI=1S/C17H11FN3O/c1-11-7-15(20-22-11)16-10-21-9-13(5-6-17(21)19-16)12-3-2-4-14(18)8-12/h2-7,9-10H,1H3. The van der Waals surface area contributed by atoms with Crippen molar-refractivity contribution in [2.24, 2.45) is 0 Å². The van der Waals surface area contributed by atoms with E-state index in [4.69, 9.17) is 4.52 Å². The third kappa shape index (κ3) is 2.16. The van der Waals surface area contributed by atoms with Gasteiger partial charge in [-0.15, -0.1) is 0 Å². The summed E-state index contributed by atoms with van der Waals surface area (Å²) in [6.45, 7) is 1.84. The molecule has 0 unspecified atom stereocenters. The molecule has 1 aromatic carbocycles. The predicted octanol–water partition coefficient (Wildman–Crippen LogP) is 3.90. The summed E-state index contributed by atoms with van der Waals surface area (Å²) in [5.74, 6) is 0.365. The first-order valence-electron chi connectivity index (χ1n) is 6.80. The van der Waals surface area contributed by atoms with Crippen LogP contribution in [0, 0.1) is 18.8 Å². The second-order valence-corrected chi connectivity index (χ2v) is 5.04. The van der Waals surface area contributed by atoms with Crippen LogP contribution in [0.3, 0.4) is 0 Å². The maximum atomic E-state index is 13.3. The zero-order valence-electron chi connectivity index (χ0n) is 11.7. The number of hydrogen-bond donors (Lipinski definition) is 0. The summed E-state index contributed by atoms with van der Waals surface area (Å²) in [5, 5.41) is 3.97. The van der Waals surface area contributed by atoms with E-state index < -0.39 is 0 Å². The number of aromatic nitrogens is 3. The molecule has 0 aliphatic heterocycles. The molecule has 5 heteroatoms. The van der Waals surface area contributed by atoms with Gasteiger partial charge in [0.2, 0.25) is 0 Å². The van der Waals surface area contributed by atoms with Crippen molar-refractivity contribution >= 4 is 5.65 Å². The van der Waals surface area contributed by atoms with E-state index in [2.05, 4.69) is 16.2 Å². The first-order chi connectivity index (χ1) is 10.7. The number of fused-ring (bicyclic) bond motifs is 1. The Morgan fingerprint density at radius 1 is 1.14 bits per heavy atom. The van der Waals surface area contributed by atoms with Crippen molar-refractivity contribution in [3.63, 3.8) is 0 Å². The van der Waals surface area contributed by atoms with Gasteiger partial charge in [0.1, 0.15) is 28.6 Å². The molecule has 0 N–H and O–H groups in total. The summed E-state index contributed by atoms with van der Waals surface area (Å²) < 4.78 is 20.3. The van der Waals surface area contributed by atoms with Gasteiger partial charge in [-0.3, -0.25) is 0 Å². The fraction of sp³-hybridized carbons (Fsp3) is 0.0588. The van der Waals surface area contributed by atoms with Crippen molar-refractivity contribution < 1.29 is 8.91 Å². The van der Waals surface area contributed by atoms with Gasteiger partial charge < -0.3 is 8.92 Å². The molecule has 22 heavy (non-hydrogen) atoms. The molecule has 107 valence electrons. The largest absolute Gasteiger partial charge is 0.361 e. The van der Waals surface area contributed by atoms with Gasteiger partial charge in [0.25, 0.3) is 0 Å². The molecule has 3 heterocycles. The minimum atomic E-state index is -0.373. The summed E-state index contributed by atoms with van der Waals surface area (Å²) >= 11 is 0. The summed E-state index contributed by atoms with van der Waals surface area (Å²) in [4.78, 5) is 4.50.